The van der Waals surface area contributed by atoms with Crippen molar-refractivity contribution in [2.45, 2.75) is 33.6 Å². The Balaban J connectivity index is 3.40. The molecule has 0 nitrogen and oxygen atoms in total. The third kappa shape index (κ3) is 4.54. The first kappa shape index (κ1) is 9.67. The third-order valence-electron chi connectivity index (χ3n) is 1.71. The van der Waals surface area contributed by atoms with Crippen LogP contribution in [0, 0.1) is 11.8 Å². The summed E-state index contributed by atoms with van der Waals surface area (Å²) in [7, 11) is 0. The largest absolute Gasteiger partial charge is 0.212 e. The summed E-state index contributed by atoms with van der Waals surface area (Å²) in [5, 5.41) is 0. The van der Waals surface area contributed by atoms with Crippen LogP contribution in [0.15, 0.2) is 12.4 Å². The lowest BCUT2D eigenvalue weighted by Gasteiger charge is -2.09. The highest BCUT2D eigenvalue weighted by Gasteiger charge is 2.05. The average molecular weight is 144 g/mol. The molecule has 1 heteroatoms. The first-order chi connectivity index (χ1) is 4.54. The Bertz CT molecular complexity index is 105. The fraction of sp³-hybridized carbons (Fsp3) is 0.778. The summed E-state index contributed by atoms with van der Waals surface area (Å²) < 4.78 is 12.4. The van der Waals surface area contributed by atoms with Gasteiger partial charge in [-0.05, 0) is 12.3 Å². The van der Waals surface area contributed by atoms with Gasteiger partial charge < -0.3 is 0 Å². The predicted octanol–water partition coefficient (Wildman–Crippen LogP) is 3.54. The van der Waals surface area contributed by atoms with E-state index in [4.69, 9.17) is 0 Å². The molecule has 0 N–H and O–H groups in total. The van der Waals surface area contributed by atoms with Gasteiger partial charge in [-0.15, -0.1) is 0 Å². The van der Waals surface area contributed by atoms with Crippen molar-refractivity contribution in [3.63, 3.8) is 0 Å². The Kier molecular flexibility index (Phi) is 4.33. The standard InChI is InChI=1S/C9H17F/c1-7(2)5-6-8(3)9(4)10/h7-8H,4-6H2,1-3H3. The van der Waals surface area contributed by atoms with E-state index in [2.05, 4.69) is 20.4 Å². The Labute approximate surface area is 63.1 Å². The number of rotatable bonds is 4. The van der Waals surface area contributed by atoms with Crippen LogP contribution in [0.3, 0.4) is 0 Å². The third-order valence-corrected chi connectivity index (χ3v) is 1.71. The molecule has 0 aromatic carbocycles. The minimum absolute atomic E-state index is 0.0439. The maximum absolute atomic E-state index is 12.4. The van der Waals surface area contributed by atoms with E-state index in [0.717, 1.165) is 12.8 Å². The molecule has 0 bridgehead atoms. The van der Waals surface area contributed by atoms with Crippen molar-refractivity contribution < 1.29 is 4.39 Å². The molecule has 0 fully saturated rings. The maximum atomic E-state index is 12.4. The second kappa shape index (κ2) is 4.48. The van der Waals surface area contributed by atoms with Gasteiger partial charge in [0.05, 0.1) is 5.83 Å². The van der Waals surface area contributed by atoms with Gasteiger partial charge in [-0.2, -0.15) is 0 Å². The molecule has 1 unspecified atom stereocenters. The zero-order chi connectivity index (χ0) is 8.15. The van der Waals surface area contributed by atoms with Gasteiger partial charge in [-0.1, -0.05) is 33.8 Å². The van der Waals surface area contributed by atoms with Crippen molar-refractivity contribution in [1.29, 1.82) is 0 Å². The average Bonchev–Trinajstić information content (AvgIpc) is 1.82. The van der Waals surface area contributed by atoms with Crippen LogP contribution in [0.4, 0.5) is 4.39 Å². The van der Waals surface area contributed by atoms with E-state index in [9.17, 15) is 4.39 Å². The normalized spacial score (nSPS) is 13.7. The SMILES string of the molecule is C=C(F)C(C)CCC(C)C. The van der Waals surface area contributed by atoms with Crippen LogP contribution in [0.25, 0.3) is 0 Å². The van der Waals surface area contributed by atoms with Crippen LogP contribution in [0.5, 0.6) is 0 Å². The first-order valence-electron chi connectivity index (χ1n) is 3.88. The number of halogens is 1. The molecule has 10 heavy (non-hydrogen) atoms. The minimum Gasteiger partial charge on any atom is -0.212 e. The molecule has 0 saturated carbocycles. The number of allylic oxidation sites excluding steroid dienone is 1. The Hall–Kier alpha value is -0.330. The van der Waals surface area contributed by atoms with Gasteiger partial charge in [-0.3, -0.25) is 0 Å². The van der Waals surface area contributed by atoms with E-state index < -0.39 is 0 Å². The molecule has 0 aliphatic heterocycles. The molecular weight excluding hydrogens is 127 g/mol. The van der Waals surface area contributed by atoms with E-state index in [-0.39, 0.29) is 11.7 Å². The Morgan fingerprint density at radius 1 is 1.30 bits per heavy atom. The lowest BCUT2D eigenvalue weighted by Crippen LogP contribution is -1.97. The van der Waals surface area contributed by atoms with E-state index in [1.54, 1.807) is 0 Å². The highest BCUT2D eigenvalue weighted by Crippen LogP contribution is 2.18. The van der Waals surface area contributed by atoms with E-state index in [0.29, 0.717) is 5.92 Å². The van der Waals surface area contributed by atoms with E-state index in [1.165, 1.54) is 0 Å². The van der Waals surface area contributed by atoms with Crippen molar-refractivity contribution in [3.8, 4) is 0 Å². The molecule has 0 aliphatic carbocycles. The molecule has 1 atom stereocenters. The van der Waals surface area contributed by atoms with Crippen molar-refractivity contribution in [2.24, 2.45) is 11.8 Å². The Morgan fingerprint density at radius 3 is 2.10 bits per heavy atom. The summed E-state index contributed by atoms with van der Waals surface area (Å²) >= 11 is 0. The summed E-state index contributed by atoms with van der Waals surface area (Å²) in [6, 6.07) is 0. The second-order valence-corrected chi connectivity index (χ2v) is 3.32. The lowest BCUT2D eigenvalue weighted by molar-refractivity contribution is 0.426. The number of hydrogen-bond acceptors (Lipinski definition) is 0. The second-order valence-electron chi connectivity index (χ2n) is 3.32. The van der Waals surface area contributed by atoms with Gasteiger partial charge in [0.2, 0.25) is 0 Å². The molecule has 0 amide bonds. The van der Waals surface area contributed by atoms with Crippen LogP contribution in [0.2, 0.25) is 0 Å². The molecule has 0 radical (unpaired) electrons. The monoisotopic (exact) mass is 144 g/mol. The Morgan fingerprint density at radius 2 is 1.80 bits per heavy atom. The molecule has 0 aromatic rings. The molecule has 60 valence electrons. The van der Waals surface area contributed by atoms with Crippen LogP contribution >= 0.6 is 0 Å². The zero-order valence-corrected chi connectivity index (χ0v) is 7.15. The predicted molar refractivity (Wildman–Crippen MR) is 43.5 cm³/mol. The maximum Gasteiger partial charge on any atom is 0.0956 e. The molecule has 0 heterocycles. The smallest absolute Gasteiger partial charge is 0.0956 e. The molecular formula is C9H17F. The molecule has 0 aromatic heterocycles. The quantitative estimate of drug-likeness (QED) is 0.566. The molecule has 0 saturated heterocycles. The van der Waals surface area contributed by atoms with Crippen molar-refractivity contribution in [1.82, 2.24) is 0 Å². The van der Waals surface area contributed by atoms with Crippen molar-refractivity contribution in [2.75, 3.05) is 0 Å². The highest BCUT2D eigenvalue weighted by molar-refractivity contribution is 4.86. The fourth-order valence-electron chi connectivity index (χ4n) is 0.740. The van der Waals surface area contributed by atoms with Gasteiger partial charge in [0.15, 0.2) is 0 Å². The first-order valence-corrected chi connectivity index (χ1v) is 3.88. The number of hydrogen-bond donors (Lipinski definition) is 0. The topological polar surface area (TPSA) is 0 Å². The van der Waals surface area contributed by atoms with Crippen LogP contribution in [-0.2, 0) is 0 Å². The van der Waals surface area contributed by atoms with Gasteiger partial charge in [0.25, 0.3) is 0 Å². The van der Waals surface area contributed by atoms with E-state index in [1.807, 2.05) is 6.92 Å². The summed E-state index contributed by atoms with van der Waals surface area (Å²) in [5.74, 6) is 0.532. The molecule has 0 spiro atoms. The van der Waals surface area contributed by atoms with Crippen molar-refractivity contribution in [3.05, 3.63) is 12.4 Å². The summed E-state index contributed by atoms with van der Waals surface area (Å²) in [6.45, 7) is 9.44. The van der Waals surface area contributed by atoms with Gasteiger partial charge in [0.1, 0.15) is 0 Å². The van der Waals surface area contributed by atoms with Gasteiger partial charge in [0, 0.05) is 5.92 Å². The summed E-state index contributed by atoms with van der Waals surface area (Å²) in [5.41, 5.74) is 0. The van der Waals surface area contributed by atoms with Gasteiger partial charge >= 0.3 is 0 Å². The highest BCUT2D eigenvalue weighted by atomic mass is 19.1. The molecule has 0 rings (SSSR count). The summed E-state index contributed by atoms with van der Waals surface area (Å²) in [4.78, 5) is 0. The van der Waals surface area contributed by atoms with Crippen molar-refractivity contribution >= 4 is 0 Å². The fourth-order valence-corrected chi connectivity index (χ4v) is 0.740. The van der Waals surface area contributed by atoms with Crippen LogP contribution < -0.4 is 0 Å². The van der Waals surface area contributed by atoms with Gasteiger partial charge in [-0.25, -0.2) is 4.39 Å². The summed E-state index contributed by atoms with van der Waals surface area (Å²) in [6.07, 6.45) is 2.01. The minimum atomic E-state index is -0.180. The lowest BCUT2D eigenvalue weighted by atomic mass is 9.99. The molecule has 0 aliphatic rings. The van der Waals surface area contributed by atoms with Crippen LogP contribution in [0.1, 0.15) is 33.6 Å². The zero-order valence-electron chi connectivity index (χ0n) is 7.15. The van der Waals surface area contributed by atoms with E-state index >= 15 is 0 Å². The van der Waals surface area contributed by atoms with Crippen LogP contribution in [-0.4, -0.2) is 0 Å².